The highest BCUT2D eigenvalue weighted by molar-refractivity contribution is 7.80. The van der Waals surface area contributed by atoms with Crippen molar-refractivity contribution in [2.45, 2.75) is 13.3 Å². The molecular formula is C7H12N2S. The van der Waals surface area contributed by atoms with Crippen molar-refractivity contribution in [2.75, 3.05) is 5.75 Å². The number of thiol groups is 1. The predicted molar refractivity (Wildman–Crippen MR) is 45.5 cm³/mol. The minimum Gasteiger partial charge on any atom is -0.272 e. The number of aryl methyl sites for hydroxylation is 3. The number of hydrogen-bond acceptors (Lipinski definition) is 2. The standard InChI is InChI=1S/C7H12N2S/c1-6-5-7(3-4-10)9(2)8-6/h5,10H,3-4H2,1-2H3. The topological polar surface area (TPSA) is 17.8 Å². The summed E-state index contributed by atoms with van der Waals surface area (Å²) in [5, 5.41) is 4.21. The van der Waals surface area contributed by atoms with Gasteiger partial charge in [0.1, 0.15) is 0 Å². The van der Waals surface area contributed by atoms with Crippen LogP contribution in [0.2, 0.25) is 0 Å². The molecule has 0 radical (unpaired) electrons. The summed E-state index contributed by atoms with van der Waals surface area (Å²) in [7, 11) is 1.96. The van der Waals surface area contributed by atoms with Gasteiger partial charge in [-0.3, -0.25) is 4.68 Å². The molecule has 0 amide bonds. The molecule has 1 heterocycles. The quantitative estimate of drug-likeness (QED) is 0.637. The van der Waals surface area contributed by atoms with Gasteiger partial charge < -0.3 is 0 Å². The maximum Gasteiger partial charge on any atom is 0.0596 e. The molecule has 0 aliphatic carbocycles. The van der Waals surface area contributed by atoms with E-state index in [2.05, 4.69) is 23.8 Å². The van der Waals surface area contributed by atoms with E-state index in [9.17, 15) is 0 Å². The summed E-state index contributed by atoms with van der Waals surface area (Å²) >= 11 is 4.15. The number of aromatic nitrogens is 2. The van der Waals surface area contributed by atoms with Gasteiger partial charge in [0.2, 0.25) is 0 Å². The lowest BCUT2D eigenvalue weighted by Gasteiger charge is -1.95. The van der Waals surface area contributed by atoms with Crippen molar-refractivity contribution in [3.05, 3.63) is 17.5 Å². The van der Waals surface area contributed by atoms with Crippen LogP contribution in [0.25, 0.3) is 0 Å². The molecule has 0 saturated carbocycles. The van der Waals surface area contributed by atoms with Crippen LogP contribution in [-0.4, -0.2) is 15.5 Å². The predicted octanol–water partition coefficient (Wildman–Crippen LogP) is 1.20. The van der Waals surface area contributed by atoms with Crippen LogP contribution in [0.4, 0.5) is 0 Å². The Labute approximate surface area is 66.7 Å². The third-order valence-corrected chi connectivity index (χ3v) is 1.69. The molecule has 0 saturated heterocycles. The third-order valence-electron chi connectivity index (χ3n) is 1.47. The van der Waals surface area contributed by atoms with E-state index in [-0.39, 0.29) is 0 Å². The van der Waals surface area contributed by atoms with Gasteiger partial charge >= 0.3 is 0 Å². The van der Waals surface area contributed by atoms with E-state index in [4.69, 9.17) is 0 Å². The fourth-order valence-corrected chi connectivity index (χ4v) is 1.24. The van der Waals surface area contributed by atoms with Crippen molar-refractivity contribution >= 4 is 12.6 Å². The third kappa shape index (κ3) is 1.53. The Morgan fingerprint density at radius 2 is 2.40 bits per heavy atom. The Hall–Kier alpha value is -0.440. The molecule has 0 unspecified atom stereocenters. The molecule has 10 heavy (non-hydrogen) atoms. The first-order valence-electron chi connectivity index (χ1n) is 3.34. The van der Waals surface area contributed by atoms with Gasteiger partial charge in [-0.1, -0.05) is 0 Å². The molecule has 0 bridgehead atoms. The second-order valence-corrected chi connectivity index (χ2v) is 2.82. The Morgan fingerprint density at radius 1 is 1.70 bits per heavy atom. The van der Waals surface area contributed by atoms with Gasteiger partial charge in [0.25, 0.3) is 0 Å². The minimum atomic E-state index is 0.888. The molecule has 1 aromatic heterocycles. The average Bonchev–Trinajstić information content (AvgIpc) is 2.13. The molecule has 2 nitrogen and oxygen atoms in total. The number of nitrogens with zero attached hydrogens (tertiary/aromatic N) is 2. The molecule has 0 spiro atoms. The molecule has 56 valence electrons. The van der Waals surface area contributed by atoms with Gasteiger partial charge in [-0.2, -0.15) is 17.7 Å². The molecule has 1 rings (SSSR count). The van der Waals surface area contributed by atoms with E-state index in [1.54, 1.807) is 0 Å². The lowest BCUT2D eigenvalue weighted by molar-refractivity contribution is 0.713. The molecule has 3 heteroatoms. The zero-order valence-corrected chi connectivity index (χ0v) is 7.23. The molecule has 0 aliphatic heterocycles. The van der Waals surface area contributed by atoms with Crippen LogP contribution in [-0.2, 0) is 13.5 Å². The van der Waals surface area contributed by atoms with E-state index >= 15 is 0 Å². The molecule has 0 aromatic carbocycles. The fraction of sp³-hybridized carbons (Fsp3) is 0.571. The first kappa shape index (κ1) is 7.66. The Morgan fingerprint density at radius 3 is 2.80 bits per heavy atom. The summed E-state index contributed by atoms with van der Waals surface area (Å²) in [5.74, 6) is 0.888. The average molecular weight is 156 g/mol. The van der Waals surface area contributed by atoms with Gasteiger partial charge in [-0.25, -0.2) is 0 Å². The second-order valence-electron chi connectivity index (χ2n) is 2.37. The monoisotopic (exact) mass is 156 g/mol. The second kappa shape index (κ2) is 3.10. The van der Waals surface area contributed by atoms with E-state index in [0.29, 0.717) is 0 Å². The number of rotatable bonds is 2. The summed E-state index contributed by atoms with van der Waals surface area (Å²) in [5.41, 5.74) is 2.34. The van der Waals surface area contributed by atoms with Gasteiger partial charge in [0, 0.05) is 12.7 Å². The van der Waals surface area contributed by atoms with E-state index in [0.717, 1.165) is 17.9 Å². The van der Waals surface area contributed by atoms with Gasteiger partial charge in [-0.15, -0.1) is 0 Å². The van der Waals surface area contributed by atoms with Gasteiger partial charge in [0.05, 0.1) is 5.69 Å². The highest BCUT2D eigenvalue weighted by atomic mass is 32.1. The SMILES string of the molecule is Cc1cc(CCS)n(C)n1. The summed E-state index contributed by atoms with van der Waals surface area (Å²) in [6.45, 7) is 2.00. The summed E-state index contributed by atoms with van der Waals surface area (Å²) in [6.07, 6.45) is 1.00. The summed E-state index contributed by atoms with van der Waals surface area (Å²) < 4.78 is 1.91. The van der Waals surface area contributed by atoms with Crippen LogP contribution in [0.15, 0.2) is 6.07 Å². The molecular weight excluding hydrogens is 144 g/mol. The summed E-state index contributed by atoms with van der Waals surface area (Å²) in [4.78, 5) is 0. The van der Waals surface area contributed by atoms with Crippen molar-refractivity contribution < 1.29 is 0 Å². The van der Waals surface area contributed by atoms with Crippen molar-refractivity contribution in [1.82, 2.24) is 9.78 Å². The smallest absolute Gasteiger partial charge is 0.0596 e. The maximum atomic E-state index is 4.21. The van der Waals surface area contributed by atoms with Crippen LogP contribution in [0, 0.1) is 6.92 Å². The first-order chi connectivity index (χ1) is 4.74. The zero-order valence-electron chi connectivity index (χ0n) is 6.33. The zero-order chi connectivity index (χ0) is 7.56. The van der Waals surface area contributed by atoms with E-state index in [1.807, 2.05) is 18.7 Å². The van der Waals surface area contributed by atoms with Gasteiger partial charge in [0.15, 0.2) is 0 Å². The van der Waals surface area contributed by atoms with Crippen molar-refractivity contribution in [1.29, 1.82) is 0 Å². The molecule has 1 aromatic rings. The lowest BCUT2D eigenvalue weighted by atomic mass is 10.3. The molecule has 0 atom stereocenters. The van der Waals surface area contributed by atoms with Crippen molar-refractivity contribution in [2.24, 2.45) is 7.05 Å². The van der Waals surface area contributed by atoms with Crippen LogP contribution in [0.5, 0.6) is 0 Å². The summed E-state index contributed by atoms with van der Waals surface area (Å²) in [6, 6.07) is 2.09. The maximum absolute atomic E-state index is 4.21. The minimum absolute atomic E-state index is 0.888. The normalized spacial score (nSPS) is 10.3. The van der Waals surface area contributed by atoms with E-state index < -0.39 is 0 Å². The highest BCUT2D eigenvalue weighted by Gasteiger charge is 1.98. The molecule has 0 aliphatic rings. The Bertz CT molecular complexity index is 217. The van der Waals surface area contributed by atoms with Crippen molar-refractivity contribution in [3.63, 3.8) is 0 Å². The fourth-order valence-electron chi connectivity index (χ4n) is 1.01. The van der Waals surface area contributed by atoms with Gasteiger partial charge in [-0.05, 0) is 25.2 Å². The lowest BCUT2D eigenvalue weighted by Crippen LogP contribution is -1.98. The molecule has 0 fully saturated rings. The van der Waals surface area contributed by atoms with Crippen LogP contribution in [0.3, 0.4) is 0 Å². The van der Waals surface area contributed by atoms with E-state index in [1.165, 1.54) is 5.69 Å². The number of hydrogen-bond donors (Lipinski definition) is 1. The largest absolute Gasteiger partial charge is 0.272 e. The van der Waals surface area contributed by atoms with Crippen LogP contribution in [0.1, 0.15) is 11.4 Å². The Kier molecular flexibility index (Phi) is 2.38. The highest BCUT2D eigenvalue weighted by Crippen LogP contribution is 2.02. The van der Waals surface area contributed by atoms with Crippen LogP contribution >= 0.6 is 12.6 Å². The first-order valence-corrected chi connectivity index (χ1v) is 3.97. The Balaban J connectivity index is 2.81. The molecule has 0 N–H and O–H groups in total. The van der Waals surface area contributed by atoms with Crippen LogP contribution < -0.4 is 0 Å². The van der Waals surface area contributed by atoms with Crippen molar-refractivity contribution in [3.8, 4) is 0 Å².